The molecule has 3 fully saturated rings. The number of carbonyl (C=O) groups is 2. The SMILES string of the molecule is O=C(OC1CC2CC1CC2C(=O)OC1(c2ccccc2)CCNCC1)c1cc(I)cc(I)c1O. The molecule has 3 aliphatic rings. The van der Waals surface area contributed by atoms with Crippen LogP contribution in [0, 0.1) is 24.9 Å². The van der Waals surface area contributed by atoms with Gasteiger partial charge in [0, 0.05) is 16.4 Å². The van der Waals surface area contributed by atoms with Crippen LogP contribution < -0.4 is 5.32 Å². The third-order valence-electron chi connectivity index (χ3n) is 7.61. The maximum atomic E-state index is 13.4. The number of esters is 2. The molecule has 2 N–H and O–H groups in total. The Morgan fingerprint density at radius 1 is 1.00 bits per heavy atom. The van der Waals surface area contributed by atoms with Crippen LogP contribution in [0.1, 0.15) is 48.0 Å². The Morgan fingerprint density at radius 2 is 1.74 bits per heavy atom. The second-order valence-electron chi connectivity index (χ2n) is 9.59. The van der Waals surface area contributed by atoms with E-state index in [-0.39, 0.29) is 41.1 Å². The summed E-state index contributed by atoms with van der Waals surface area (Å²) in [6.07, 6.45) is 3.52. The number of hydrogen-bond acceptors (Lipinski definition) is 6. The van der Waals surface area contributed by atoms with Gasteiger partial charge < -0.3 is 19.9 Å². The normalized spacial score (nSPS) is 27.4. The van der Waals surface area contributed by atoms with Crippen molar-refractivity contribution in [1.82, 2.24) is 5.32 Å². The van der Waals surface area contributed by atoms with E-state index in [9.17, 15) is 14.7 Å². The molecule has 0 amide bonds. The van der Waals surface area contributed by atoms with E-state index in [1.807, 2.05) is 46.9 Å². The Balaban J connectivity index is 1.24. The molecular formula is C26H27I2NO5. The van der Waals surface area contributed by atoms with Crippen molar-refractivity contribution in [3.63, 3.8) is 0 Å². The Labute approximate surface area is 226 Å². The molecule has 180 valence electrons. The molecule has 2 saturated carbocycles. The van der Waals surface area contributed by atoms with Gasteiger partial charge in [-0.05, 0) is 107 Å². The summed E-state index contributed by atoms with van der Waals surface area (Å²) in [5, 5.41) is 13.7. The van der Waals surface area contributed by atoms with Crippen molar-refractivity contribution in [2.45, 2.75) is 43.8 Å². The summed E-state index contributed by atoms with van der Waals surface area (Å²) < 4.78 is 13.6. The zero-order valence-electron chi connectivity index (χ0n) is 18.6. The molecule has 2 aliphatic carbocycles. The van der Waals surface area contributed by atoms with Gasteiger partial charge in [0.1, 0.15) is 23.0 Å². The number of rotatable bonds is 5. The molecule has 1 aliphatic heterocycles. The van der Waals surface area contributed by atoms with E-state index in [1.54, 1.807) is 6.07 Å². The summed E-state index contributed by atoms with van der Waals surface area (Å²) in [5.41, 5.74) is 0.689. The quantitative estimate of drug-likeness (QED) is 0.341. The third-order valence-corrected chi connectivity index (χ3v) is 9.05. The van der Waals surface area contributed by atoms with Gasteiger partial charge in [-0.2, -0.15) is 0 Å². The van der Waals surface area contributed by atoms with Crippen molar-refractivity contribution < 1.29 is 24.2 Å². The standard InChI is InChI=1S/C26H27I2NO5/c27-18-13-20(23(30)21(28)14-18)24(31)33-22-12-15-10-16(22)11-19(15)25(32)34-26(6-8-29-9-7-26)17-4-2-1-3-5-17/h1-5,13-16,19,22,29-30H,6-12H2. The minimum Gasteiger partial charge on any atom is -0.506 e. The van der Waals surface area contributed by atoms with Crippen molar-refractivity contribution in [2.24, 2.45) is 17.8 Å². The summed E-state index contributed by atoms with van der Waals surface area (Å²) >= 11 is 4.13. The fraction of sp³-hybridized carbons (Fsp3) is 0.462. The lowest BCUT2D eigenvalue weighted by molar-refractivity contribution is -0.172. The lowest BCUT2D eigenvalue weighted by Crippen LogP contribution is -2.44. The van der Waals surface area contributed by atoms with Gasteiger partial charge in [0.15, 0.2) is 0 Å². The largest absolute Gasteiger partial charge is 0.506 e. The average Bonchev–Trinajstić information content (AvgIpc) is 3.43. The van der Waals surface area contributed by atoms with E-state index in [0.717, 1.165) is 41.5 Å². The molecule has 1 heterocycles. The Hall–Kier alpha value is -1.40. The van der Waals surface area contributed by atoms with Crippen LogP contribution in [0.5, 0.6) is 5.75 Å². The topological polar surface area (TPSA) is 84.9 Å². The predicted molar refractivity (Wildman–Crippen MR) is 143 cm³/mol. The lowest BCUT2D eigenvalue weighted by Gasteiger charge is -2.39. The molecule has 0 radical (unpaired) electrons. The molecule has 4 atom stereocenters. The highest BCUT2D eigenvalue weighted by atomic mass is 127. The molecule has 2 bridgehead atoms. The minimum atomic E-state index is -0.573. The number of hydrogen-bond donors (Lipinski definition) is 2. The van der Waals surface area contributed by atoms with Crippen LogP contribution in [-0.4, -0.2) is 36.2 Å². The van der Waals surface area contributed by atoms with E-state index in [2.05, 4.69) is 40.0 Å². The van der Waals surface area contributed by atoms with Crippen LogP contribution in [0.25, 0.3) is 0 Å². The van der Waals surface area contributed by atoms with Crippen LogP contribution in [0.3, 0.4) is 0 Å². The molecule has 5 rings (SSSR count). The van der Waals surface area contributed by atoms with Gasteiger partial charge in [-0.25, -0.2) is 4.79 Å². The monoisotopic (exact) mass is 687 g/mol. The number of phenols is 1. The van der Waals surface area contributed by atoms with Crippen LogP contribution in [0.2, 0.25) is 0 Å². The minimum absolute atomic E-state index is 0.0381. The first-order valence-corrected chi connectivity index (χ1v) is 13.9. The summed E-state index contributed by atoms with van der Waals surface area (Å²) in [6, 6.07) is 13.5. The molecular weight excluding hydrogens is 660 g/mol. The zero-order valence-corrected chi connectivity index (χ0v) is 23.0. The summed E-state index contributed by atoms with van der Waals surface area (Å²) in [5.74, 6) is -0.492. The maximum absolute atomic E-state index is 13.4. The molecule has 4 unspecified atom stereocenters. The summed E-state index contributed by atoms with van der Waals surface area (Å²) in [6.45, 7) is 1.64. The molecule has 6 nitrogen and oxygen atoms in total. The highest BCUT2D eigenvalue weighted by molar-refractivity contribution is 14.1. The van der Waals surface area contributed by atoms with Crippen molar-refractivity contribution in [1.29, 1.82) is 0 Å². The van der Waals surface area contributed by atoms with Crippen LogP contribution >= 0.6 is 45.2 Å². The van der Waals surface area contributed by atoms with Gasteiger partial charge in [0.05, 0.1) is 9.49 Å². The van der Waals surface area contributed by atoms with Gasteiger partial charge in [0.2, 0.25) is 0 Å². The highest BCUT2D eigenvalue weighted by Crippen LogP contribution is 2.51. The Morgan fingerprint density at radius 3 is 2.41 bits per heavy atom. The number of phenolic OH excluding ortho intramolecular Hbond substituents is 1. The maximum Gasteiger partial charge on any atom is 0.342 e. The van der Waals surface area contributed by atoms with Gasteiger partial charge in [-0.1, -0.05) is 30.3 Å². The van der Waals surface area contributed by atoms with Crippen LogP contribution in [0.15, 0.2) is 42.5 Å². The number of piperidine rings is 1. The number of fused-ring (bicyclic) bond motifs is 2. The summed E-state index contributed by atoms with van der Waals surface area (Å²) in [7, 11) is 0. The number of nitrogens with one attached hydrogen (secondary N) is 1. The number of aromatic hydroxyl groups is 1. The van der Waals surface area contributed by atoms with Gasteiger partial charge >= 0.3 is 11.9 Å². The van der Waals surface area contributed by atoms with E-state index in [1.165, 1.54) is 0 Å². The fourth-order valence-corrected chi connectivity index (χ4v) is 7.71. The Bertz CT molecular complexity index is 1090. The first kappa shape index (κ1) is 24.3. The molecule has 2 aromatic rings. The second-order valence-corrected chi connectivity index (χ2v) is 12.0. The molecule has 0 spiro atoms. The lowest BCUT2D eigenvalue weighted by atomic mass is 9.83. The molecule has 2 aromatic carbocycles. The van der Waals surface area contributed by atoms with Crippen molar-refractivity contribution >= 4 is 57.1 Å². The van der Waals surface area contributed by atoms with Crippen molar-refractivity contribution in [2.75, 3.05) is 13.1 Å². The van der Waals surface area contributed by atoms with E-state index < -0.39 is 11.6 Å². The molecule has 8 heteroatoms. The first-order valence-electron chi connectivity index (χ1n) is 11.7. The first-order chi connectivity index (χ1) is 16.4. The fourth-order valence-electron chi connectivity index (χ4n) is 5.87. The smallest absolute Gasteiger partial charge is 0.342 e. The average molecular weight is 687 g/mol. The number of ether oxygens (including phenoxy) is 2. The molecule has 34 heavy (non-hydrogen) atoms. The van der Waals surface area contributed by atoms with Gasteiger partial charge in [0.25, 0.3) is 0 Å². The van der Waals surface area contributed by atoms with Crippen LogP contribution in [-0.2, 0) is 19.9 Å². The second kappa shape index (κ2) is 9.93. The van der Waals surface area contributed by atoms with Crippen molar-refractivity contribution in [3.8, 4) is 5.75 Å². The Kier molecular flexibility index (Phi) is 7.09. The van der Waals surface area contributed by atoms with E-state index in [0.29, 0.717) is 16.4 Å². The third kappa shape index (κ3) is 4.69. The number of carbonyl (C=O) groups excluding carboxylic acids is 2. The zero-order chi connectivity index (χ0) is 23.9. The van der Waals surface area contributed by atoms with E-state index >= 15 is 0 Å². The molecule has 0 aromatic heterocycles. The van der Waals surface area contributed by atoms with E-state index in [4.69, 9.17) is 9.47 Å². The van der Waals surface area contributed by atoms with Crippen LogP contribution in [0.4, 0.5) is 0 Å². The predicted octanol–water partition coefficient (Wildman–Crippen LogP) is 5.00. The number of benzene rings is 2. The highest BCUT2D eigenvalue weighted by Gasteiger charge is 2.52. The van der Waals surface area contributed by atoms with Gasteiger partial charge in [-0.3, -0.25) is 4.79 Å². The van der Waals surface area contributed by atoms with Gasteiger partial charge in [-0.15, -0.1) is 0 Å². The summed E-state index contributed by atoms with van der Waals surface area (Å²) in [4.78, 5) is 26.2. The number of halogens is 2. The molecule has 1 saturated heterocycles. The van der Waals surface area contributed by atoms with Crippen molar-refractivity contribution in [3.05, 3.63) is 60.7 Å².